The topological polar surface area (TPSA) is 49.8 Å². The molecule has 0 bridgehead atoms. The summed E-state index contributed by atoms with van der Waals surface area (Å²) in [6.07, 6.45) is -2.06. The minimum Gasteiger partial charge on any atom is -0.480 e. The van der Waals surface area contributed by atoms with Crippen LogP contribution in [-0.4, -0.2) is 60.2 Å². The molecular formula is C11H17F4NO3. The average molecular weight is 287 g/mol. The normalized spacial score (nSPS) is 18.1. The molecule has 0 radical (unpaired) electrons. The fourth-order valence-electron chi connectivity index (χ4n) is 1.68. The minimum absolute atomic E-state index is 0.116. The van der Waals surface area contributed by atoms with Crippen LogP contribution in [0.4, 0.5) is 17.6 Å². The van der Waals surface area contributed by atoms with Crippen molar-refractivity contribution in [1.29, 1.82) is 0 Å². The Morgan fingerprint density at radius 3 is 2.47 bits per heavy atom. The lowest BCUT2D eigenvalue weighted by molar-refractivity contribution is -0.167. The van der Waals surface area contributed by atoms with Gasteiger partial charge in [0.2, 0.25) is 0 Å². The number of carboxylic acid groups (broad SMARTS) is 1. The molecule has 8 heteroatoms. The fourth-order valence-corrected chi connectivity index (χ4v) is 1.68. The molecule has 1 atom stereocenters. The zero-order valence-corrected chi connectivity index (χ0v) is 10.5. The summed E-state index contributed by atoms with van der Waals surface area (Å²) < 4.78 is 53.3. The van der Waals surface area contributed by atoms with E-state index in [1.807, 2.05) is 0 Å². The second-order valence-corrected chi connectivity index (χ2v) is 4.60. The van der Waals surface area contributed by atoms with Gasteiger partial charge in [-0.05, 0) is 19.8 Å². The van der Waals surface area contributed by atoms with Gasteiger partial charge in [-0.25, -0.2) is 8.78 Å². The molecule has 0 spiro atoms. The summed E-state index contributed by atoms with van der Waals surface area (Å²) in [5.74, 6) is -5.17. The van der Waals surface area contributed by atoms with Crippen LogP contribution >= 0.6 is 0 Å². The van der Waals surface area contributed by atoms with Crippen molar-refractivity contribution in [1.82, 2.24) is 4.90 Å². The van der Waals surface area contributed by atoms with Gasteiger partial charge in [0.15, 0.2) is 0 Å². The van der Waals surface area contributed by atoms with E-state index in [-0.39, 0.29) is 19.2 Å². The second-order valence-electron chi connectivity index (χ2n) is 4.60. The summed E-state index contributed by atoms with van der Waals surface area (Å²) in [7, 11) is 0. The molecule has 0 saturated heterocycles. The smallest absolute Gasteiger partial charge is 0.330 e. The number of carboxylic acids is 1. The first-order valence-corrected chi connectivity index (χ1v) is 5.98. The molecular weight excluding hydrogens is 270 g/mol. The van der Waals surface area contributed by atoms with Crippen molar-refractivity contribution in [3.8, 4) is 0 Å². The molecule has 0 aliphatic heterocycles. The summed E-state index contributed by atoms with van der Waals surface area (Å²) in [5.41, 5.74) is 0. The molecule has 1 saturated carbocycles. The van der Waals surface area contributed by atoms with Crippen LogP contribution in [0.5, 0.6) is 0 Å². The van der Waals surface area contributed by atoms with Gasteiger partial charge in [-0.1, -0.05) is 0 Å². The Hall–Kier alpha value is -0.890. The van der Waals surface area contributed by atoms with Gasteiger partial charge in [-0.2, -0.15) is 8.78 Å². The molecule has 19 heavy (non-hydrogen) atoms. The molecule has 112 valence electrons. The predicted octanol–water partition coefficient (Wildman–Crippen LogP) is 1.84. The number of nitrogens with zero attached hydrogens (tertiary/aromatic N) is 1. The van der Waals surface area contributed by atoms with E-state index in [1.165, 1.54) is 6.92 Å². The summed E-state index contributed by atoms with van der Waals surface area (Å²) in [5, 5.41) is 8.89. The van der Waals surface area contributed by atoms with Crippen LogP contribution in [0.3, 0.4) is 0 Å². The third-order valence-corrected chi connectivity index (χ3v) is 2.98. The first-order valence-electron chi connectivity index (χ1n) is 5.98. The maximum Gasteiger partial charge on any atom is 0.330 e. The van der Waals surface area contributed by atoms with E-state index < -0.39 is 31.0 Å². The van der Waals surface area contributed by atoms with Crippen LogP contribution in [0.15, 0.2) is 0 Å². The average Bonchev–Trinajstić information content (AvgIpc) is 3.12. The summed E-state index contributed by atoms with van der Waals surface area (Å²) in [6, 6.07) is -0.628. The van der Waals surface area contributed by atoms with Crippen molar-refractivity contribution in [2.75, 3.05) is 19.8 Å². The first-order chi connectivity index (χ1) is 8.75. The zero-order valence-electron chi connectivity index (χ0n) is 10.5. The summed E-state index contributed by atoms with van der Waals surface area (Å²) >= 11 is 0. The molecule has 0 heterocycles. The number of hydrogen-bond acceptors (Lipinski definition) is 3. The standard InChI is InChI=1S/C11H17F4NO3/c1-7(9(17)18)16(8-2-3-8)4-5-19-6-11(14,15)10(12)13/h7-8,10H,2-6H2,1H3,(H,17,18). The van der Waals surface area contributed by atoms with Crippen LogP contribution in [0.25, 0.3) is 0 Å². The van der Waals surface area contributed by atoms with Gasteiger partial charge in [0.1, 0.15) is 12.6 Å². The number of carbonyl (C=O) groups is 1. The van der Waals surface area contributed by atoms with Gasteiger partial charge in [0.05, 0.1) is 6.61 Å². The van der Waals surface area contributed by atoms with E-state index in [1.54, 1.807) is 4.90 Å². The first kappa shape index (κ1) is 16.2. The monoisotopic (exact) mass is 287 g/mol. The lowest BCUT2D eigenvalue weighted by Gasteiger charge is -2.26. The van der Waals surface area contributed by atoms with Crippen molar-refractivity contribution in [3.63, 3.8) is 0 Å². The SMILES string of the molecule is CC(C(=O)O)N(CCOCC(F)(F)C(F)F)C1CC1. The molecule has 1 rings (SSSR count). The van der Waals surface area contributed by atoms with Gasteiger partial charge in [-0.15, -0.1) is 0 Å². The summed E-state index contributed by atoms with van der Waals surface area (Å²) in [6.45, 7) is 0.0763. The lowest BCUT2D eigenvalue weighted by Crippen LogP contribution is -2.43. The Morgan fingerprint density at radius 1 is 1.47 bits per heavy atom. The number of alkyl halides is 4. The third-order valence-electron chi connectivity index (χ3n) is 2.98. The Kier molecular flexibility index (Phi) is 5.54. The second kappa shape index (κ2) is 6.51. The van der Waals surface area contributed by atoms with Crippen molar-refractivity contribution >= 4 is 5.97 Å². The molecule has 0 aromatic rings. The highest BCUT2D eigenvalue weighted by Crippen LogP contribution is 2.28. The maximum absolute atomic E-state index is 12.5. The minimum atomic E-state index is -4.16. The van der Waals surface area contributed by atoms with Crippen LogP contribution in [-0.2, 0) is 9.53 Å². The van der Waals surface area contributed by atoms with Crippen LogP contribution < -0.4 is 0 Å². The van der Waals surface area contributed by atoms with E-state index in [2.05, 4.69) is 4.74 Å². The highest BCUT2D eigenvalue weighted by Gasteiger charge is 2.41. The number of rotatable bonds is 9. The van der Waals surface area contributed by atoms with Crippen LogP contribution in [0, 0.1) is 0 Å². The van der Waals surface area contributed by atoms with Crippen LogP contribution in [0.2, 0.25) is 0 Å². The lowest BCUT2D eigenvalue weighted by atomic mass is 10.2. The number of hydrogen-bond donors (Lipinski definition) is 1. The van der Waals surface area contributed by atoms with Gasteiger partial charge in [0.25, 0.3) is 0 Å². The Morgan fingerprint density at radius 2 is 2.05 bits per heavy atom. The van der Waals surface area contributed by atoms with Crippen molar-refractivity contribution in [3.05, 3.63) is 0 Å². The molecule has 0 aromatic heterocycles. The van der Waals surface area contributed by atoms with Gasteiger partial charge >= 0.3 is 18.3 Å². The quantitative estimate of drug-likeness (QED) is 0.519. The van der Waals surface area contributed by atoms with E-state index in [9.17, 15) is 22.4 Å². The molecule has 1 aliphatic carbocycles. The van der Waals surface area contributed by atoms with E-state index >= 15 is 0 Å². The number of aliphatic carboxylic acids is 1. The molecule has 1 unspecified atom stereocenters. The fraction of sp³-hybridized carbons (Fsp3) is 0.909. The number of ether oxygens (including phenoxy) is 1. The van der Waals surface area contributed by atoms with Gasteiger partial charge in [-0.3, -0.25) is 9.69 Å². The van der Waals surface area contributed by atoms with Crippen molar-refractivity contribution in [2.45, 2.75) is 44.2 Å². The molecule has 4 nitrogen and oxygen atoms in total. The summed E-state index contributed by atoms with van der Waals surface area (Å²) in [4.78, 5) is 12.5. The Balaban J connectivity index is 2.32. The zero-order chi connectivity index (χ0) is 14.6. The van der Waals surface area contributed by atoms with Crippen molar-refractivity contribution < 1.29 is 32.2 Å². The predicted molar refractivity (Wildman–Crippen MR) is 58.6 cm³/mol. The Bertz CT molecular complexity index is 310. The molecule has 0 aromatic carbocycles. The highest BCUT2D eigenvalue weighted by molar-refractivity contribution is 5.73. The maximum atomic E-state index is 12.5. The third kappa shape index (κ3) is 4.94. The van der Waals surface area contributed by atoms with E-state index in [0.29, 0.717) is 0 Å². The van der Waals surface area contributed by atoms with Gasteiger partial charge in [0, 0.05) is 12.6 Å². The molecule has 1 aliphatic rings. The Labute approximate surface area is 108 Å². The van der Waals surface area contributed by atoms with Crippen LogP contribution in [0.1, 0.15) is 19.8 Å². The van der Waals surface area contributed by atoms with E-state index in [0.717, 1.165) is 12.8 Å². The van der Waals surface area contributed by atoms with Gasteiger partial charge < -0.3 is 9.84 Å². The van der Waals surface area contributed by atoms with Crippen molar-refractivity contribution in [2.24, 2.45) is 0 Å². The molecule has 1 N–H and O–H groups in total. The molecule has 1 fully saturated rings. The van der Waals surface area contributed by atoms with E-state index in [4.69, 9.17) is 5.11 Å². The highest BCUT2D eigenvalue weighted by atomic mass is 19.3. The largest absolute Gasteiger partial charge is 0.480 e. The molecule has 0 amide bonds. The number of halogens is 4.